The predicted octanol–water partition coefficient (Wildman–Crippen LogP) is 4.81. The molecule has 1 heterocycles. The molecule has 0 amide bonds. The monoisotopic (exact) mass is 292 g/mol. The van der Waals surface area contributed by atoms with Gasteiger partial charge in [0.2, 0.25) is 0 Å². The third-order valence-electron chi connectivity index (χ3n) is 4.49. The Kier molecular flexibility index (Phi) is 4.43. The van der Waals surface area contributed by atoms with Crippen LogP contribution < -0.4 is 0 Å². The highest BCUT2D eigenvalue weighted by Gasteiger charge is 2.25. The first-order valence-corrected chi connectivity index (χ1v) is 7.91. The van der Waals surface area contributed by atoms with E-state index in [4.69, 9.17) is 16.6 Å². The van der Waals surface area contributed by atoms with Crippen LogP contribution in [-0.2, 0) is 13.0 Å². The molecular formula is C17H25ClN2. The van der Waals surface area contributed by atoms with Gasteiger partial charge in [0.25, 0.3) is 0 Å². The number of rotatable bonds is 5. The molecule has 0 aliphatic carbocycles. The largest absolute Gasteiger partial charge is 0.327 e. The second-order valence-electron chi connectivity index (χ2n) is 6.64. The maximum Gasteiger partial charge on any atom is 0.111 e. The molecule has 0 saturated carbocycles. The first kappa shape index (κ1) is 15.4. The minimum absolute atomic E-state index is 0.233. The summed E-state index contributed by atoms with van der Waals surface area (Å²) in [5.74, 6) is 2.34. The Hall–Kier alpha value is -1.02. The molecule has 2 aromatic rings. The standard InChI is InChI=1S/C17H25ClN2/c1-12(2)17(4,5)11-20-15(9-10-18)19-14-8-6-7-13(3)16(14)20/h6-8,12H,9-11H2,1-5H3. The van der Waals surface area contributed by atoms with Crippen LogP contribution in [0.1, 0.15) is 39.1 Å². The molecule has 1 aromatic heterocycles. The van der Waals surface area contributed by atoms with Crippen molar-refractivity contribution >= 4 is 22.6 Å². The summed E-state index contributed by atoms with van der Waals surface area (Å²) in [4.78, 5) is 4.79. The molecule has 0 fully saturated rings. The van der Waals surface area contributed by atoms with Crippen molar-refractivity contribution in [3.63, 3.8) is 0 Å². The quantitative estimate of drug-likeness (QED) is 0.723. The normalized spacial score (nSPS) is 12.6. The van der Waals surface area contributed by atoms with E-state index in [-0.39, 0.29) is 5.41 Å². The minimum Gasteiger partial charge on any atom is -0.327 e. The number of aryl methyl sites for hydroxylation is 2. The lowest BCUT2D eigenvalue weighted by Gasteiger charge is -2.30. The molecule has 0 N–H and O–H groups in total. The molecular weight excluding hydrogens is 268 g/mol. The fraction of sp³-hybridized carbons (Fsp3) is 0.588. The molecule has 2 rings (SSSR count). The van der Waals surface area contributed by atoms with Crippen molar-refractivity contribution < 1.29 is 0 Å². The Balaban J connectivity index is 2.56. The Morgan fingerprint density at radius 3 is 2.60 bits per heavy atom. The van der Waals surface area contributed by atoms with Crippen LogP contribution in [0.4, 0.5) is 0 Å². The van der Waals surface area contributed by atoms with Gasteiger partial charge in [0.1, 0.15) is 5.82 Å². The van der Waals surface area contributed by atoms with Gasteiger partial charge in [-0.1, -0.05) is 39.8 Å². The highest BCUT2D eigenvalue weighted by molar-refractivity contribution is 6.17. The van der Waals surface area contributed by atoms with Gasteiger partial charge >= 0.3 is 0 Å². The van der Waals surface area contributed by atoms with Crippen LogP contribution in [0.2, 0.25) is 0 Å². The second kappa shape index (κ2) is 5.77. The summed E-state index contributed by atoms with van der Waals surface area (Å²) in [7, 11) is 0. The van der Waals surface area contributed by atoms with Crippen molar-refractivity contribution in [2.45, 2.75) is 47.6 Å². The molecule has 20 heavy (non-hydrogen) atoms. The van der Waals surface area contributed by atoms with Gasteiger partial charge in [0.05, 0.1) is 11.0 Å². The fourth-order valence-corrected chi connectivity index (χ4v) is 2.62. The van der Waals surface area contributed by atoms with Crippen molar-refractivity contribution in [2.24, 2.45) is 11.3 Å². The number of benzene rings is 1. The average molecular weight is 293 g/mol. The highest BCUT2D eigenvalue weighted by Crippen LogP contribution is 2.31. The van der Waals surface area contributed by atoms with Crippen LogP contribution in [0.25, 0.3) is 11.0 Å². The van der Waals surface area contributed by atoms with Crippen molar-refractivity contribution in [1.82, 2.24) is 9.55 Å². The number of para-hydroxylation sites is 1. The van der Waals surface area contributed by atoms with Crippen LogP contribution >= 0.6 is 11.6 Å². The zero-order valence-corrected chi connectivity index (χ0v) is 14.0. The molecule has 0 radical (unpaired) electrons. The molecule has 0 unspecified atom stereocenters. The summed E-state index contributed by atoms with van der Waals surface area (Å²) in [6.45, 7) is 12.4. The van der Waals surface area contributed by atoms with Gasteiger partial charge in [0, 0.05) is 18.8 Å². The summed E-state index contributed by atoms with van der Waals surface area (Å²) in [5, 5.41) is 0. The molecule has 0 bridgehead atoms. The maximum absolute atomic E-state index is 5.96. The summed E-state index contributed by atoms with van der Waals surface area (Å²) >= 11 is 5.96. The van der Waals surface area contributed by atoms with Gasteiger partial charge in [0.15, 0.2) is 0 Å². The van der Waals surface area contributed by atoms with E-state index in [2.05, 4.69) is 57.4 Å². The highest BCUT2D eigenvalue weighted by atomic mass is 35.5. The van der Waals surface area contributed by atoms with E-state index in [0.29, 0.717) is 11.8 Å². The molecule has 2 nitrogen and oxygen atoms in total. The van der Waals surface area contributed by atoms with E-state index < -0.39 is 0 Å². The SMILES string of the molecule is Cc1cccc2nc(CCCl)n(CC(C)(C)C(C)C)c12. The van der Waals surface area contributed by atoms with E-state index in [1.807, 2.05) is 0 Å². The van der Waals surface area contributed by atoms with Crippen molar-refractivity contribution in [2.75, 3.05) is 5.88 Å². The van der Waals surface area contributed by atoms with Crippen molar-refractivity contribution in [1.29, 1.82) is 0 Å². The van der Waals surface area contributed by atoms with E-state index in [0.717, 1.165) is 24.3 Å². The summed E-state index contributed by atoms with van der Waals surface area (Å²) in [6.07, 6.45) is 0.823. The van der Waals surface area contributed by atoms with Crippen molar-refractivity contribution in [3.05, 3.63) is 29.6 Å². The zero-order valence-electron chi connectivity index (χ0n) is 13.2. The molecule has 1 aromatic carbocycles. The van der Waals surface area contributed by atoms with E-state index >= 15 is 0 Å². The first-order valence-electron chi connectivity index (χ1n) is 7.37. The molecule has 3 heteroatoms. The zero-order chi connectivity index (χ0) is 14.9. The summed E-state index contributed by atoms with van der Waals surface area (Å²) in [6, 6.07) is 6.33. The van der Waals surface area contributed by atoms with Gasteiger partial charge in [-0.3, -0.25) is 0 Å². The van der Waals surface area contributed by atoms with E-state index in [1.165, 1.54) is 11.1 Å². The molecule has 0 atom stereocenters. The van der Waals surface area contributed by atoms with Crippen LogP contribution in [0.15, 0.2) is 18.2 Å². The van der Waals surface area contributed by atoms with Crippen molar-refractivity contribution in [3.8, 4) is 0 Å². The summed E-state index contributed by atoms with van der Waals surface area (Å²) < 4.78 is 2.38. The van der Waals surface area contributed by atoms with E-state index in [1.54, 1.807) is 0 Å². The van der Waals surface area contributed by atoms with Crippen LogP contribution in [0.5, 0.6) is 0 Å². The van der Waals surface area contributed by atoms with Gasteiger partial charge in [-0.2, -0.15) is 0 Å². The van der Waals surface area contributed by atoms with Gasteiger partial charge in [-0.15, -0.1) is 11.6 Å². The lowest BCUT2D eigenvalue weighted by molar-refractivity contribution is 0.210. The minimum atomic E-state index is 0.233. The number of hydrogen-bond donors (Lipinski definition) is 0. The lowest BCUT2D eigenvalue weighted by Crippen LogP contribution is -2.26. The Bertz CT molecular complexity index is 596. The number of halogens is 1. The molecule has 0 spiro atoms. The molecule has 0 saturated heterocycles. The van der Waals surface area contributed by atoms with E-state index in [9.17, 15) is 0 Å². The topological polar surface area (TPSA) is 17.8 Å². The second-order valence-corrected chi connectivity index (χ2v) is 7.02. The Morgan fingerprint density at radius 2 is 2.00 bits per heavy atom. The summed E-state index contributed by atoms with van der Waals surface area (Å²) in [5.41, 5.74) is 3.87. The number of fused-ring (bicyclic) bond motifs is 1. The number of alkyl halides is 1. The molecule has 110 valence electrons. The average Bonchev–Trinajstić information content (AvgIpc) is 2.68. The Labute approximate surface area is 127 Å². The van der Waals surface area contributed by atoms with Gasteiger partial charge in [-0.05, 0) is 29.9 Å². The lowest BCUT2D eigenvalue weighted by atomic mass is 9.81. The number of imidazole rings is 1. The fourth-order valence-electron chi connectivity index (χ4n) is 2.45. The maximum atomic E-state index is 5.96. The van der Waals surface area contributed by atoms with Crippen LogP contribution in [-0.4, -0.2) is 15.4 Å². The smallest absolute Gasteiger partial charge is 0.111 e. The van der Waals surface area contributed by atoms with Crippen LogP contribution in [0, 0.1) is 18.3 Å². The third-order valence-corrected chi connectivity index (χ3v) is 4.68. The number of nitrogens with zero attached hydrogens (tertiary/aromatic N) is 2. The van der Waals surface area contributed by atoms with Crippen LogP contribution in [0.3, 0.4) is 0 Å². The number of aromatic nitrogens is 2. The van der Waals surface area contributed by atoms with Gasteiger partial charge < -0.3 is 4.57 Å². The molecule has 0 aliphatic rings. The van der Waals surface area contributed by atoms with Gasteiger partial charge in [-0.25, -0.2) is 4.98 Å². The third kappa shape index (κ3) is 2.85. The first-order chi connectivity index (χ1) is 9.36. The predicted molar refractivity (Wildman–Crippen MR) is 87.5 cm³/mol. The Morgan fingerprint density at radius 1 is 1.30 bits per heavy atom. The molecule has 0 aliphatic heterocycles. The number of hydrogen-bond acceptors (Lipinski definition) is 1.